The number of rotatable bonds is 5. The highest BCUT2D eigenvalue weighted by atomic mass is 16.5. The van der Waals surface area contributed by atoms with Crippen LogP contribution in [0.25, 0.3) is 10.9 Å². The lowest BCUT2D eigenvalue weighted by atomic mass is 10.1. The third-order valence-electron chi connectivity index (χ3n) is 3.39. The van der Waals surface area contributed by atoms with Crippen LogP contribution in [-0.2, 0) is 6.61 Å². The van der Waals surface area contributed by atoms with Gasteiger partial charge in [-0.15, -0.1) is 0 Å². The summed E-state index contributed by atoms with van der Waals surface area (Å²) in [5.74, 6) is 0.476. The number of aromatic nitrogens is 1. The monoisotopic (exact) mass is 297 g/mol. The summed E-state index contributed by atoms with van der Waals surface area (Å²) in [5.41, 5.74) is 1.87. The van der Waals surface area contributed by atoms with E-state index in [1.165, 1.54) is 0 Å². The van der Waals surface area contributed by atoms with E-state index in [0.29, 0.717) is 17.7 Å². The SMILES string of the molecule is COc1cccc(OCc2cc3c(C(=O)O)cccc3[nH]2)c1. The van der Waals surface area contributed by atoms with Gasteiger partial charge < -0.3 is 19.6 Å². The molecule has 0 amide bonds. The number of carboxylic acids is 1. The topological polar surface area (TPSA) is 71.6 Å². The average molecular weight is 297 g/mol. The molecule has 0 bridgehead atoms. The fourth-order valence-electron chi connectivity index (χ4n) is 2.33. The first kappa shape index (κ1) is 14.0. The number of H-pyrrole nitrogens is 1. The minimum absolute atomic E-state index is 0.279. The lowest BCUT2D eigenvalue weighted by Crippen LogP contribution is -1.96. The van der Waals surface area contributed by atoms with Gasteiger partial charge in [-0.25, -0.2) is 4.79 Å². The molecule has 3 rings (SSSR count). The zero-order valence-electron chi connectivity index (χ0n) is 12.0. The van der Waals surface area contributed by atoms with E-state index >= 15 is 0 Å². The highest BCUT2D eigenvalue weighted by Crippen LogP contribution is 2.23. The van der Waals surface area contributed by atoms with Gasteiger partial charge in [-0.3, -0.25) is 0 Å². The minimum Gasteiger partial charge on any atom is -0.497 e. The Bertz CT molecular complexity index is 822. The van der Waals surface area contributed by atoms with Crippen molar-refractivity contribution in [3.05, 3.63) is 59.8 Å². The summed E-state index contributed by atoms with van der Waals surface area (Å²) >= 11 is 0. The first-order valence-corrected chi connectivity index (χ1v) is 6.78. The van der Waals surface area contributed by atoms with E-state index in [1.54, 1.807) is 31.4 Å². The molecule has 0 spiro atoms. The van der Waals surface area contributed by atoms with Gasteiger partial charge in [0.05, 0.1) is 18.4 Å². The molecule has 2 N–H and O–H groups in total. The van der Waals surface area contributed by atoms with Gasteiger partial charge in [0.25, 0.3) is 0 Å². The molecule has 22 heavy (non-hydrogen) atoms. The van der Waals surface area contributed by atoms with Gasteiger partial charge >= 0.3 is 5.97 Å². The molecular weight excluding hydrogens is 282 g/mol. The summed E-state index contributed by atoms with van der Waals surface area (Å²) in [7, 11) is 1.60. The van der Waals surface area contributed by atoms with Crippen LogP contribution in [0.1, 0.15) is 16.1 Å². The first-order valence-electron chi connectivity index (χ1n) is 6.78. The quantitative estimate of drug-likeness (QED) is 0.756. The maximum absolute atomic E-state index is 11.2. The predicted octanol–water partition coefficient (Wildman–Crippen LogP) is 3.45. The van der Waals surface area contributed by atoms with E-state index < -0.39 is 5.97 Å². The maximum Gasteiger partial charge on any atom is 0.336 e. The van der Waals surface area contributed by atoms with Crippen molar-refractivity contribution >= 4 is 16.9 Å². The molecule has 2 aromatic carbocycles. The minimum atomic E-state index is -0.940. The van der Waals surface area contributed by atoms with Gasteiger partial charge in [-0.05, 0) is 30.3 Å². The zero-order valence-corrected chi connectivity index (χ0v) is 12.0. The first-order chi connectivity index (χ1) is 10.7. The number of benzene rings is 2. The molecule has 0 saturated heterocycles. The Morgan fingerprint density at radius 3 is 2.68 bits per heavy atom. The molecule has 0 radical (unpaired) electrons. The number of methoxy groups -OCH3 is 1. The van der Waals surface area contributed by atoms with E-state index in [9.17, 15) is 9.90 Å². The average Bonchev–Trinajstić information content (AvgIpc) is 2.95. The molecule has 0 fully saturated rings. The third-order valence-corrected chi connectivity index (χ3v) is 3.39. The highest BCUT2D eigenvalue weighted by molar-refractivity contribution is 6.03. The number of aromatic carboxylic acids is 1. The van der Waals surface area contributed by atoms with E-state index in [1.807, 2.05) is 24.3 Å². The predicted molar refractivity (Wildman–Crippen MR) is 82.6 cm³/mol. The standard InChI is InChI=1S/C17H15NO4/c1-21-12-4-2-5-13(9-12)22-10-11-8-15-14(17(19)20)6-3-7-16(15)18-11/h2-9,18H,10H2,1H3,(H,19,20). The second kappa shape index (κ2) is 5.81. The highest BCUT2D eigenvalue weighted by Gasteiger charge is 2.11. The van der Waals surface area contributed by atoms with Crippen molar-refractivity contribution in [2.75, 3.05) is 7.11 Å². The number of aromatic amines is 1. The smallest absolute Gasteiger partial charge is 0.336 e. The number of fused-ring (bicyclic) bond motifs is 1. The van der Waals surface area contributed by atoms with Crippen LogP contribution in [-0.4, -0.2) is 23.2 Å². The number of nitrogens with one attached hydrogen (secondary N) is 1. The molecule has 3 aromatic rings. The van der Waals surface area contributed by atoms with Crippen LogP contribution in [0, 0.1) is 0 Å². The van der Waals surface area contributed by atoms with E-state index in [2.05, 4.69) is 4.98 Å². The second-order valence-electron chi connectivity index (χ2n) is 4.83. The summed E-state index contributed by atoms with van der Waals surface area (Å²) in [4.78, 5) is 14.4. The lowest BCUT2D eigenvalue weighted by Gasteiger charge is -2.06. The van der Waals surface area contributed by atoms with Crippen LogP contribution in [0.2, 0.25) is 0 Å². The summed E-state index contributed by atoms with van der Waals surface area (Å²) in [6, 6.07) is 14.3. The van der Waals surface area contributed by atoms with Gasteiger partial charge in [0.1, 0.15) is 18.1 Å². The normalized spacial score (nSPS) is 10.6. The maximum atomic E-state index is 11.2. The van der Waals surface area contributed by atoms with Crippen LogP contribution in [0.3, 0.4) is 0 Å². The van der Waals surface area contributed by atoms with Crippen LogP contribution in [0.5, 0.6) is 11.5 Å². The van der Waals surface area contributed by atoms with Crippen LogP contribution >= 0.6 is 0 Å². The molecule has 5 nitrogen and oxygen atoms in total. The molecule has 0 saturated carbocycles. The third kappa shape index (κ3) is 2.74. The number of hydrogen-bond acceptors (Lipinski definition) is 3. The Balaban J connectivity index is 1.82. The van der Waals surface area contributed by atoms with E-state index in [4.69, 9.17) is 9.47 Å². The molecular formula is C17H15NO4. The molecule has 0 aliphatic heterocycles. The molecule has 112 valence electrons. The van der Waals surface area contributed by atoms with Gasteiger partial charge in [-0.2, -0.15) is 0 Å². The summed E-state index contributed by atoms with van der Waals surface area (Å²) in [6.45, 7) is 0.320. The molecule has 0 unspecified atom stereocenters. The summed E-state index contributed by atoms with van der Waals surface area (Å²) in [6.07, 6.45) is 0. The van der Waals surface area contributed by atoms with E-state index in [-0.39, 0.29) is 5.56 Å². The fraction of sp³-hybridized carbons (Fsp3) is 0.118. The number of hydrogen-bond donors (Lipinski definition) is 2. The Kier molecular flexibility index (Phi) is 3.70. The largest absolute Gasteiger partial charge is 0.497 e. The molecule has 1 aromatic heterocycles. The summed E-state index contributed by atoms with van der Waals surface area (Å²) < 4.78 is 10.8. The van der Waals surface area contributed by atoms with Gasteiger partial charge in [0.2, 0.25) is 0 Å². The molecule has 0 atom stereocenters. The van der Waals surface area contributed by atoms with Gasteiger partial charge in [0, 0.05) is 17.0 Å². The zero-order chi connectivity index (χ0) is 15.5. The van der Waals surface area contributed by atoms with Crippen molar-refractivity contribution in [3.63, 3.8) is 0 Å². The van der Waals surface area contributed by atoms with Crippen LogP contribution in [0.15, 0.2) is 48.5 Å². The lowest BCUT2D eigenvalue weighted by molar-refractivity contribution is 0.0699. The van der Waals surface area contributed by atoms with Crippen molar-refractivity contribution in [2.24, 2.45) is 0 Å². The van der Waals surface area contributed by atoms with Crippen molar-refractivity contribution in [2.45, 2.75) is 6.61 Å². The fourth-order valence-corrected chi connectivity index (χ4v) is 2.33. The van der Waals surface area contributed by atoms with Gasteiger partial charge in [-0.1, -0.05) is 12.1 Å². The van der Waals surface area contributed by atoms with Crippen LogP contribution < -0.4 is 9.47 Å². The Morgan fingerprint density at radius 1 is 1.14 bits per heavy atom. The van der Waals surface area contributed by atoms with Crippen molar-refractivity contribution in [3.8, 4) is 11.5 Å². The number of ether oxygens (including phenoxy) is 2. The Hall–Kier alpha value is -2.95. The Morgan fingerprint density at radius 2 is 1.91 bits per heavy atom. The Labute approximate surface area is 127 Å². The van der Waals surface area contributed by atoms with Crippen LogP contribution in [0.4, 0.5) is 0 Å². The molecule has 1 heterocycles. The van der Waals surface area contributed by atoms with Crippen molar-refractivity contribution in [1.82, 2.24) is 4.98 Å². The molecule has 5 heteroatoms. The molecule has 0 aliphatic carbocycles. The number of carboxylic acid groups (broad SMARTS) is 1. The number of carbonyl (C=O) groups is 1. The second-order valence-corrected chi connectivity index (χ2v) is 4.83. The van der Waals surface area contributed by atoms with Gasteiger partial charge in [0.15, 0.2) is 0 Å². The van der Waals surface area contributed by atoms with Crippen molar-refractivity contribution in [1.29, 1.82) is 0 Å². The molecule has 0 aliphatic rings. The van der Waals surface area contributed by atoms with E-state index in [0.717, 1.165) is 17.0 Å². The van der Waals surface area contributed by atoms with Crippen molar-refractivity contribution < 1.29 is 19.4 Å². The summed E-state index contributed by atoms with van der Waals surface area (Å²) in [5, 5.41) is 9.88.